The molecule has 1 nitrogen and oxygen atoms in total. The molecular formula is C12H13F3O. The highest BCUT2D eigenvalue weighted by Gasteiger charge is 2.15. The van der Waals surface area contributed by atoms with E-state index >= 15 is 0 Å². The number of aliphatic hydroxyl groups excluding tert-OH is 1. The maximum Gasteiger partial charge on any atom is 0.194 e. The summed E-state index contributed by atoms with van der Waals surface area (Å²) in [7, 11) is 0. The maximum absolute atomic E-state index is 12.8. The zero-order valence-electron chi connectivity index (χ0n) is 8.72. The van der Waals surface area contributed by atoms with Crippen molar-refractivity contribution in [3.8, 4) is 0 Å². The smallest absolute Gasteiger partial charge is 0.194 e. The number of unbranched alkanes of at least 4 members (excludes halogenated alkanes) is 1. The van der Waals surface area contributed by atoms with E-state index in [0.29, 0.717) is 19.3 Å². The van der Waals surface area contributed by atoms with Crippen LogP contribution in [0.15, 0.2) is 24.8 Å². The van der Waals surface area contributed by atoms with Crippen molar-refractivity contribution >= 4 is 0 Å². The Labute approximate surface area is 92.2 Å². The lowest BCUT2D eigenvalue weighted by Gasteiger charge is -2.10. The Bertz CT molecular complexity index is 354. The largest absolute Gasteiger partial charge is 0.388 e. The van der Waals surface area contributed by atoms with Crippen LogP contribution in [0.3, 0.4) is 0 Å². The van der Waals surface area contributed by atoms with Gasteiger partial charge in [-0.2, -0.15) is 0 Å². The summed E-state index contributed by atoms with van der Waals surface area (Å²) in [5.41, 5.74) is 0.0560. The first kappa shape index (κ1) is 12.8. The number of halogens is 3. The van der Waals surface area contributed by atoms with Gasteiger partial charge in [0.2, 0.25) is 0 Å². The molecule has 0 aliphatic heterocycles. The van der Waals surface area contributed by atoms with E-state index in [0.717, 1.165) is 12.1 Å². The molecule has 16 heavy (non-hydrogen) atoms. The van der Waals surface area contributed by atoms with Gasteiger partial charge in [0.25, 0.3) is 0 Å². The molecule has 0 saturated heterocycles. The molecule has 1 unspecified atom stereocenters. The third-order valence-electron chi connectivity index (χ3n) is 2.28. The van der Waals surface area contributed by atoms with Crippen molar-refractivity contribution in [2.24, 2.45) is 0 Å². The second-order valence-corrected chi connectivity index (χ2v) is 3.53. The fourth-order valence-corrected chi connectivity index (χ4v) is 1.39. The predicted molar refractivity (Wildman–Crippen MR) is 55.3 cm³/mol. The molecule has 1 atom stereocenters. The Morgan fingerprint density at radius 3 is 2.31 bits per heavy atom. The van der Waals surface area contributed by atoms with Crippen LogP contribution in [0.5, 0.6) is 0 Å². The predicted octanol–water partition coefficient (Wildman–Crippen LogP) is 3.49. The minimum atomic E-state index is -1.51. The van der Waals surface area contributed by atoms with Gasteiger partial charge in [0.05, 0.1) is 6.10 Å². The molecule has 88 valence electrons. The molecule has 0 heterocycles. The van der Waals surface area contributed by atoms with Crippen LogP contribution in [0.25, 0.3) is 0 Å². The maximum atomic E-state index is 12.8. The van der Waals surface area contributed by atoms with Crippen LogP contribution >= 0.6 is 0 Å². The number of aliphatic hydroxyl groups is 1. The molecule has 0 aromatic heterocycles. The summed E-state index contributed by atoms with van der Waals surface area (Å²) in [6.45, 7) is 3.52. The number of rotatable bonds is 5. The normalized spacial score (nSPS) is 12.5. The SMILES string of the molecule is C=CCCCC(O)c1cc(F)c(F)c(F)c1. The van der Waals surface area contributed by atoms with Gasteiger partial charge in [0.15, 0.2) is 17.5 Å². The molecule has 1 aromatic carbocycles. The number of benzene rings is 1. The Hall–Kier alpha value is -1.29. The molecule has 0 saturated carbocycles. The second-order valence-electron chi connectivity index (χ2n) is 3.53. The van der Waals surface area contributed by atoms with Crippen molar-refractivity contribution in [3.05, 3.63) is 47.8 Å². The Morgan fingerprint density at radius 2 is 1.81 bits per heavy atom. The first-order valence-electron chi connectivity index (χ1n) is 4.99. The first-order valence-corrected chi connectivity index (χ1v) is 4.99. The van der Waals surface area contributed by atoms with E-state index in [2.05, 4.69) is 6.58 Å². The quantitative estimate of drug-likeness (QED) is 0.466. The standard InChI is InChI=1S/C12H13F3O/c1-2-3-4-5-11(16)8-6-9(13)12(15)10(14)7-8/h2,6-7,11,16H,1,3-5H2. The molecule has 1 rings (SSSR count). The van der Waals surface area contributed by atoms with Crippen molar-refractivity contribution < 1.29 is 18.3 Å². The first-order chi connectivity index (χ1) is 7.56. The Kier molecular flexibility index (Phi) is 4.55. The molecule has 4 heteroatoms. The molecule has 0 fully saturated rings. The highest BCUT2D eigenvalue weighted by molar-refractivity contribution is 5.21. The van der Waals surface area contributed by atoms with Gasteiger partial charge in [-0.1, -0.05) is 6.08 Å². The summed E-state index contributed by atoms with van der Waals surface area (Å²) in [6, 6.07) is 1.63. The highest BCUT2D eigenvalue weighted by atomic mass is 19.2. The average Bonchev–Trinajstić information content (AvgIpc) is 2.25. The van der Waals surface area contributed by atoms with Crippen LogP contribution < -0.4 is 0 Å². The van der Waals surface area contributed by atoms with Crippen molar-refractivity contribution in [3.63, 3.8) is 0 Å². The zero-order chi connectivity index (χ0) is 12.1. The van der Waals surface area contributed by atoms with Gasteiger partial charge in [-0.25, -0.2) is 13.2 Å². The van der Waals surface area contributed by atoms with E-state index in [4.69, 9.17) is 0 Å². The van der Waals surface area contributed by atoms with Crippen LogP contribution in [0, 0.1) is 17.5 Å². The number of allylic oxidation sites excluding steroid dienone is 1. The molecule has 1 aromatic rings. The lowest BCUT2D eigenvalue weighted by Crippen LogP contribution is -2.01. The molecule has 0 aliphatic carbocycles. The fourth-order valence-electron chi connectivity index (χ4n) is 1.39. The molecule has 0 bridgehead atoms. The Morgan fingerprint density at radius 1 is 1.25 bits per heavy atom. The average molecular weight is 230 g/mol. The van der Waals surface area contributed by atoms with Crippen LogP contribution in [-0.4, -0.2) is 5.11 Å². The molecular weight excluding hydrogens is 217 g/mol. The van der Waals surface area contributed by atoms with Crippen LogP contribution in [0.2, 0.25) is 0 Å². The number of hydrogen-bond donors (Lipinski definition) is 1. The molecule has 1 N–H and O–H groups in total. The summed E-state index contributed by atoms with van der Waals surface area (Å²) >= 11 is 0. The van der Waals surface area contributed by atoms with Gasteiger partial charge in [-0.15, -0.1) is 6.58 Å². The van der Waals surface area contributed by atoms with Gasteiger partial charge >= 0.3 is 0 Å². The minimum Gasteiger partial charge on any atom is -0.388 e. The molecule has 0 amide bonds. The summed E-state index contributed by atoms with van der Waals surface area (Å²) in [4.78, 5) is 0. The number of hydrogen-bond acceptors (Lipinski definition) is 1. The third kappa shape index (κ3) is 3.10. The fraction of sp³-hybridized carbons (Fsp3) is 0.333. The Balaban J connectivity index is 2.75. The van der Waals surface area contributed by atoms with Crippen LogP contribution in [0.4, 0.5) is 13.2 Å². The lowest BCUT2D eigenvalue weighted by atomic mass is 10.0. The summed E-state index contributed by atoms with van der Waals surface area (Å²) in [5.74, 6) is -4.07. The van der Waals surface area contributed by atoms with E-state index in [1.807, 2.05) is 0 Å². The van der Waals surface area contributed by atoms with E-state index < -0.39 is 23.6 Å². The molecule has 0 spiro atoms. The molecule has 0 radical (unpaired) electrons. The summed E-state index contributed by atoms with van der Waals surface area (Å²) in [6.07, 6.45) is 2.44. The zero-order valence-corrected chi connectivity index (χ0v) is 8.72. The van der Waals surface area contributed by atoms with Crippen molar-refractivity contribution in [1.29, 1.82) is 0 Å². The van der Waals surface area contributed by atoms with Crippen LogP contribution in [-0.2, 0) is 0 Å². The van der Waals surface area contributed by atoms with Gasteiger partial charge < -0.3 is 5.11 Å². The van der Waals surface area contributed by atoms with Crippen molar-refractivity contribution in [1.82, 2.24) is 0 Å². The van der Waals surface area contributed by atoms with Crippen molar-refractivity contribution in [2.75, 3.05) is 0 Å². The second kappa shape index (κ2) is 5.70. The van der Waals surface area contributed by atoms with E-state index in [1.165, 1.54) is 0 Å². The summed E-state index contributed by atoms with van der Waals surface area (Å²) < 4.78 is 38.3. The third-order valence-corrected chi connectivity index (χ3v) is 2.28. The monoisotopic (exact) mass is 230 g/mol. The van der Waals surface area contributed by atoms with Gasteiger partial charge in [-0.3, -0.25) is 0 Å². The van der Waals surface area contributed by atoms with Gasteiger partial charge in [0, 0.05) is 0 Å². The van der Waals surface area contributed by atoms with E-state index in [9.17, 15) is 18.3 Å². The summed E-state index contributed by atoms with van der Waals surface area (Å²) in [5, 5.41) is 9.60. The van der Waals surface area contributed by atoms with Gasteiger partial charge in [0.1, 0.15) is 0 Å². The highest BCUT2D eigenvalue weighted by Crippen LogP contribution is 2.23. The van der Waals surface area contributed by atoms with E-state index in [-0.39, 0.29) is 5.56 Å². The lowest BCUT2D eigenvalue weighted by molar-refractivity contribution is 0.163. The molecule has 0 aliphatic rings. The van der Waals surface area contributed by atoms with Gasteiger partial charge in [-0.05, 0) is 37.0 Å². The van der Waals surface area contributed by atoms with Crippen molar-refractivity contribution in [2.45, 2.75) is 25.4 Å². The van der Waals surface area contributed by atoms with E-state index in [1.54, 1.807) is 6.08 Å². The minimum absolute atomic E-state index is 0.0560. The van der Waals surface area contributed by atoms with Crippen LogP contribution in [0.1, 0.15) is 30.9 Å². The topological polar surface area (TPSA) is 20.2 Å².